The van der Waals surface area contributed by atoms with E-state index in [-0.39, 0.29) is 11.9 Å². The summed E-state index contributed by atoms with van der Waals surface area (Å²) in [6, 6.07) is 10.1. The average Bonchev–Trinajstić information content (AvgIpc) is 2.83. The first-order valence-corrected chi connectivity index (χ1v) is 5.81. The Bertz CT molecular complexity index is 577. The normalized spacial score (nSPS) is 17.9. The molecule has 1 atom stereocenters. The number of primary amides is 1. The van der Waals surface area contributed by atoms with E-state index in [0.29, 0.717) is 5.95 Å². The third-order valence-electron chi connectivity index (χ3n) is 3.03. The molecule has 0 aliphatic carbocycles. The summed E-state index contributed by atoms with van der Waals surface area (Å²) >= 11 is 0. The molecule has 0 saturated carbocycles. The Labute approximate surface area is 104 Å². The fourth-order valence-electron chi connectivity index (χ4n) is 2.19. The smallest absolute Gasteiger partial charge is 0.288 e. The fraction of sp³-hybridized carbons (Fsp3) is 0.250. The summed E-state index contributed by atoms with van der Waals surface area (Å²) in [5.41, 5.74) is 6.36. The monoisotopic (exact) mass is 243 g/mol. The fourth-order valence-corrected chi connectivity index (χ4v) is 2.19. The van der Waals surface area contributed by atoms with Crippen molar-refractivity contribution in [2.75, 3.05) is 11.9 Å². The molecule has 1 aliphatic heterocycles. The van der Waals surface area contributed by atoms with Gasteiger partial charge >= 0.3 is 0 Å². The quantitative estimate of drug-likeness (QED) is 0.816. The van der Waals surface area contributed by atoms with E-state index in [4.69, 9.17) is 5.73 Å². The maximum Gasteiger partial charge on any atom is 0.288 e. The molecule has 3 N–H and O–H groups in total. The number of nitrogens with zero attached hydrogens (tertiary/aromatic N) is 3. The standard InChI is InChI=1S/C12H13N5O/c13-10(18)11-15-12-14-7-6-9(17(12)16-11)8-4-2-1-3-5-8/h1-5,9H,6-7H2,(H2,13,18)(H,14,15,16). The van der Waals surface area contributed by atoms with E-state index in [1.165, 1.54) is 0 Å². The number of carbonyl (C=O) groups excluding carboxylic acids is 1. The first-order valence-electron chi connectivity index (χ1n) is 5.81. The van der Waals surface area contributed by atoms with Crippen LogP contribution < -0.4 is 11.1 Å². The van der Waals surface area contributed by atoms with Gasteiger partial charge in [0.2, 0.25) is 11.8 Å². The lowest BCUT2D eigenvalue weighted by Crippen LogP contribution is -2.24. The number of hydrogen-bond acceptors (Lipinski definition) is 4. The summed E-state index contributed by atoms with van der Waals surface area (Å²) < 4.78 is 1.74. The Kier molecular flexibility index (Phi) is 2.47. The van der Waals surface area contributed by atoms with E-state index >= 15 is 0 Å². The van der Waals surface area contributed by atoms with Gasteiger partial charge in [-0.1, -0.05) is 30.3 Å². The van der Waals surface area contributed by atoms with Crippen molar-refractivity contribution in [3.63, 3.8) is 0 Å². The maximum atomic E-state index is 11.1. The molecule has 6 heteroatoms. The lowest BCUT2D eigenvalue weighted by atomic mass is 10.0. The molecule has 0 fully saturated rings. The molecule has 0 spiro atoms. The molecule has 6 nitrogen and oxygen atoms in total. The van der Waals surface area contributed by atoms with E-state index in [1.807, 2.05) is 30.3 Å². The third-order valence-corrected chi connectivity index (χ3v) is 3.03. The van der Waals surface area contributed by atoms with Gasteiger partial charge in [0.25, 0.3) is 5.91 Å². The van der Waals surface area contributed by atoms with Crippen LogP contribution in [0.2, 0.25) is 0 Å². The second kappa shape index (κ2) is 4.14. The molecule has 0 radical (unpaired) electrons. The van der Waals surface area contributed by atoms with Gasteiger partial charge in [0.1, 0.15) is 0 Å². The summed E-state index contributed by atoms with van der Waals surface area (Å²) in [4.78, 5) is 15.2. The number of hydrogen-bond donors (Lipinski definition) is 2. The Morgan fingerprint density at radius 1 is 1.39 bits per heavy atom. The predicted octanol–water partition coefficient (Wildman–Crippen LogP) is 0.782. The van der Waals surface area contributed by atoms with Gasteiger partial charge in [-0.15, -0.1) is 5.10 Å². The molecule has 18 heavy (non-hydrogen) atoms. The highest BCUT2D eigenvalue weighted by Gasteiger charge is 2.25. The van der Waals surface area contributed by atoms with Crippen molar-refractivity contribution in [3.8, 4) is 0 Å². The Hall–Kier alpha value is -2.37. The van der Waals surface area contributed by atoms with E-state index in [2.05, 4.69) is 15.4 Å². The number of carbonyl (C=O) groups is 1. The number of anilines is 1. The zero-order chi connectivity index (χ0) is 12.5. The van der Waals surface area contributed by atoms with Crippen LogP contribution in [0.4, 0.5) is 5.95 Å². The summed E-state index contributed by atoms with van der Waals surface area (Å²) in [5, 5.41) is 7.30. The van der Waals surface area contributed by atoms with Gasteiger partial charge < -0.3 is 11.1 Å². The van der Waals surface area contributed by atoms with Crippen LogP contribution in [0, 0.1) is 0 Å². The Balaban J connectivity index is 2.04. The van der Waals surface area contributed by atoms with E-state index in [1.54, 1.807) is 4.68 Å². The molecule has 92 valence electrons. The maximum absolute atomic E-state index is 11.1. The van der Waals surface area contributed by atoms with Gasteiger partial charge in [-0.25, -0.2) is 4.68 Å². The summed E-state index contributed by atoms with van der Waals surface area (Å²) in [6.45, 7) is 0.802. The van der Waals surface area contributed by atoms with Gasteiger partial charge in [-0.2, -0.15) is 4.98 Å². The number of rotatable bonds is 2. The van der Waals surface area contributed by atoms with Crippen molar-refractivity contribution in [1.82, 2.24) is 14.8 Å². The Morgan fingerprint density at radius 3 is 2.89 bits per heavy atom. The zero-order valence-corrected chi connectivity index (χ0v) is 9.71. The molecule has 1 unspecified atom stereocenters. The van der Waals surface area contributed by atoms with Crippen molar-refractivity contribution >= 4 is 11.9 Å². The lowest BCUT2D eigenvalue weighted by Gasteiger charge is -2.24. The van der Waals surface area contributed by atoms with Crippen molar-refractivity contribution < 1.29 is 4.79 Å². The van der Waals surface area contributed by atoms with Gasteiger partial charge in [-0.05, 0) is 12.0 Å². The minimum absolute atomic E-state index is 0.0559. The molecular weight excluding hydrogens is 230 g/mol. The van der Waals surface area contributed by atoms with Crippen LogP contribution >= 0.6 is 0 Å². The minimum Gasteiger partial charge on any atom is -0.363 e. The number of aromatic nitrogens is 3. The van der Waals surface area contributed by atoms with Crippen LogP contribution in [0.3, 0.4) is 0 Å². The van der Waals surface area contributed by atoms with Gasteiger partial charge in [0.15, 0.2) is 0 Å². The number of nitrogens with one attached hydrogen (secondary N) is 1. The molecule has 0 saturated heterocycles. The Morgan fingerprint density at radius 2 is 2.17 bits per heavy atom. The average molecular weight is 243 g/mol. The molecule has 1 aromatic heterocycles. The largest absolute Gasteiger partial charge is 0.363 e. The minimum atomic E-state index is -0.606. The molecule has 2 heterocycles. The van der Waals surface area contributed by atoms with Gasteiger partial charge in [0, 0.05) is 6.54 Å². The van der Waals surface area contributed by atoms with E-state index in [9.17, 15) is 4.79 Å². The van der Waals surface area contributed by atoms with Crippen LogP contribution in [0.5, 0.6) is 0 Å². The number of nitrogens with two attached hydrogens (primary N) is 1. The van der Waals surface area contributed by atoms with Crippen LogP contribution in [-0.4, -0.2) is 27.2 Å². The SMILES string of the molecule is NC(=O)c1nc2n(n1)C(c1ccccc1)CCN2. The summed E-state index contributed by atoms with van der Waals surface area (Å²) in [7, 11) is 0. The molecule has 1 aliphatic rings. The van der Waals surface area contributed by atoms with Crippen molar-refractivity contribution in [1.29, 1.82) is 0 Å². The highest BCUT2D eigenvalue weighted by Crippen LogP contribution is 2.27. The van der Waals surface area contributed by atoms with E-state index in [0.717, 1.165) is 18.5 Å². The molecule has 1 aromatic carbocycles. The number of fused-ring (bicyclic) bond motifs is 1. The summed E-state index contributed by atoms with van der Waals surface area (Å²) in [6.07, 6.45) is 0.901. The summed E-state index contributed by atoms with van der Waals surface area (Å²) in [5.74, 6) is 0.0507. The number of amides is 1. The highest BCUT2D eigenvalue weighted by molar-refractivity contribution is 5.89. The topological polar surface area (TPSA) is 85.8 Å². The van der Waals surface area contributed by atoms with Crippen molar-refractivity contribution in [3.05, 3.63) is 41.7 Å². The highest BCUT2D eigenvalue weighted by atomic mass is 16.1. The molecule has 1 amide bonds. The van der Waals surface area contributed by atoms with Gasteiger partial charge in [0.05, 0.1) is 6.04 Å². The van der Waals surface area contributed by atoms with Crippen LogP contribution in [0.1, 0.15) is 28.6 Å². The number of benzene rings is 1. The molecule has 0 bridgehead atoms. The molecular formula is C12H13N5O. The first kappa shape index (κ1) is 10.8. The lowest BCUT2D eigenvalue weighted by molar-refractivity contribution is 0.0990. The zero-order valence-electron chi connectivity index (χ0n) is 9.71. The molecule has 2 aromatic rings. The first-order chi connectivity index (χ1) is 8.75. The third kappa shape index (κ3) is 1.71. The van der Waals surface area contributed by atoms with E-state index < -0.39 is 5.91 Å². The van der Waals surface area contributed by atoms with Crippen LogP contribution in [-0.2, 0) is 0 Å². The van der Waals surface area contributed by atoms with Crippen LogP contribution in [0.15, 0.2) is 30.3 Å². The molecule has 3 rings (SSSR count). The second-order valence-electron chi connectivity index (χ2n) is 4.21. The van der Waals surface area contributed by atoms with Crippen molar-refractivity contribution in [2.24, 2.45) is 5.73 Å². The van der Waals surface area contributed by atoms with Gasteiger partial charge in [-0.3, -0.25) is 4.79 Å². The predicted molar refractivity (Wildman–Crippen MR) is 66.2 cm³/mol. The van der Waals surface area contributed by atoms with Crippen LogP contribution in [0.25, 0.3) is 0 Å². The van der Waals surface area contributed by atoms with Crippen molar-refractivity contribution in [2.45, 2.75) is 12.5 Å². The second-order valence-corrected chi connectivity index (χ2v) is 4.21.